The second kappa shape index (κ2) is 7.19. The molecule has 1 atom stereocenters. The molecule has 1 unspecified atom stereocenters. The van der Waals surface area contributed by atoms with Gasteiger partial charge in [-0.25, -0.2) is 9.67 Å². The fraction of sp³-hybridized carbons (Fsp3) is 0.300. The normalized spacial score (nSPS) is 17.1. The fourth-order valence-corrected chi connectivity index (χ4v) is 3.65. The van der Waals surface area contributed by atoms with Crippen molar-refractivity contribution in [1.29, 1.82) is 0 Å². The van der Waals surface area contributed by atoms with E-state index in [1.54, 1.807) is 23.9 Å². The van der Waals surface area contributed by atoms with Crippen molar-refractivity contribution in [2.24, 2.45) is 0 Å². The number of H-pyrrole nitrogens is 1. The topological polar surface area (TPSA) is 83.9 Å². The predicted molar refractivity (Wildman–Crippen MR) is 101 cm³/mol. The highest BCUT2D eigenvalue weighted by Crippen LogP contribution is 2.27. The Morgan fingerprint density at radius 1 is 1.26 bits per heavy atom. The first-order valence-electron chi connectivity index (χ1n) is 9.08. The Balaban J connectivity index is 1.61. The number of aromatic nitrogens is 4. The number of nitrogens with one attached hydrogen (secondary N) is 1. The summed E-state index contributed by atoms with van der Waals surface area (Å²) in [6.45, 7) is 3.03. The number of amides is 1. The van der Waals surface area contributed by atoms with E-state index in [1.165, 1.54) is 0 Å². The van der Waals surface area contributed by atoms with E-state index in [1.807, 2.05) is 41.4 Å². The number of aromatic amines is 1. The number of nitrogens with zero attached hydrogens (tertiary/aromatic N) is 4. The minimum atomic E-state index is -0.148. The van der Waals surface area contributed by atoms with Crippen LogP contribution in [0.25, 0.3) is 5.69 Å². The molecule has 27 heavy (non-hydrogen) atoms. The summed E-state index contributed by atoms with van der Waals surface area (Å²) in [6.07, 6.45) is 5.32. The first-order valence-corrected chi connectivity index (χ1v) is 9.08. The van der Waals surface area contributed by atoms with Crippen LogP contribution in [0.1, 0.15) is 40.6 Å². The van der Waals surface area contributed by atoms with Gasteiger partial charge in [0.15, 0.2) is 0 Å². The third kappa shape index (κ3) is 3.53. The van der Waals surface area contributed by atoms with E-state index < -0.39 is 0 Å². The lowest BCUT2D eigenvalue weighted by Gasteiger charge is -2.33. The Morgan fingerprint density at radius 2 is 2.11 bits per heavy atom. The van der Waals surface area contributed by atoms with E-state index in [4.69, 9.17) is 0 Å². The van der Waals surface area contributed by atoms with Gasteiger partial charge >= 0.3 is 0 Å². The van der Waals surface area contributed by atoms with Crippen LogP contribution in [0.3, 0.4) is 0 Å². The Hall–Kier alpha value is -3.22. The van der Waals surface area contributed by atoms with Gasteiger partial charge in [0.25, 0.3) is 11.5 Å². The van der Waals surface area contributed by atoms with Gasteiger partial charge in [-0.3, -0.25) is 9.59 Å². The molecule has 7 nitrogen and oxygen atoms in total. The van der Waals surface area contributed by atoms with Crippen molar-refractivity contribution in [3.8, 4) is 5.69 Å². The maximum absolute atomic E-state index is 13.2. The van der Waals surface area contributed by atoms with Crippen molar-refractivity contribution in [1.82, 2.24) is 24.6 Å². The number of aryl methyl sites for hydroxylation is 1. The number of carbonyl (C=O) groups is 1. The highest BCUT2D eigenvalue weighted by Gasteiger charge is 2.28. The Morgan fingerprint density at radius 3 is 2.89 bits per heavy atom. The van der Waals surface area contributed by atoms with E-state index in [2.05, 4.69) is 15.1 Å². The second-order valence-corrected chi connectivity index (χ2v) is 6.81. The van der Waals surface area contributed by atoms with Gasteiger partial charge in [0.1, 0.15) is 5.82 Å². The van der Waals surface area contributed by atoms with Gasteiger partial charge < -0.3 is 9.88 Å². The van der Waals surface area contributed by atoms with Crippen molar-refractivity contribution in [3.63, 3.8) is 0 Å². The SMILES string of the molecule is Cc1nc(C2CCCN(C(=O)c3ccccc3-n3cccn3)C2)cc(=O)[nH]1. The van der Waals surface area contributed by atoms with Crippen molar-refractivity contribution < 1.29 is 4.79 Å². The van der Waals surface area contributed by atoms with Gasteiger partial charge in [0, 0.05) is 37.5 Å². The van der Waals surface area contributed by atoms with Crippen molar-refractivity contribution in [2.75, 3.05) is 13.1 Å². The Bertz CT molecular complexity index is 1010. The summed E-state index contributed by atoms with van der Waals surface area (Å²) in [5.41, 5.74) is 2.00. The molecule has 0 bridgehead atoms. The molecule has 0 radical (unpaired) electrons. The molecule has 1 amide bonds. The van der Waals surface area contributed by atoms with Crippen LogP contribution in [0.2, 0.25) is 0 Å². The van der Waals surface area contributed by atoms with Crippen molar-refractivity contribution in [3.05, 3.63) is 76.2 Å². The number of para-hydroxylation sites is 1. The maximum atomic E-state index is 13.2. The summed E-state index contributed by atoms with van der Waals surface area (Å²) in [6, 6.07) is 10.9. The van der Waals surface area contributed by atoms with E-state index >= 15 is 0 Å². The largest absolute Gasteiger partial charge is 0.338 e. The molecule has 0 aliphatic carbocycles. The van der Waals surface area contributed by atoms with Crippen molar-refractivity contribution in [2.45, 2.75) is 25.7 Å². The molecule has 4 rings (SSSR count). The van der Waals surface area contributed by atoms with Crippen LogP contribution in [-0.4, -0.2) is 43.6 Å². The molecule has 138 valence electrons. The fourth-order valence-electron chi connectivity index (χ4n) is 3.65. The highest BCUT2D eigenvalue weighted by atomic mass is 16.2. The van der Waals surface area contributed by atoms with Crippen molar-refractivity contribution >= 4 is 5.91 Å². The number of piperidine rings is 1. The van der Waals surface area contributed by atoms with Gasteiger partial charge in [-0.1, -0.05) is 12.1 Å². The lowest BCUT2D eigenvalue weighted by atomic mass is 9.94. The maximum Gasteiger partial charge on any atom is 0.256 e. The van der Waals surface area contributed by atoms with Gasteiger partial charge in [-0.05, 0) is 38.0 Å². The average molecular weight is 363 g/mol. The molecule has 7 heteroatoms. The smallest absolute Gasteiger partial charge is 0.256 e. The number of rotatable bonds is 3. The first-order chi connectivity index (χ1) is 13.1. The van der Waals surface area contributed by atoms with Gasteiger partial charge in [0.2, 0.25) is 0 Å². The molecule has 1 aromatic carbocycles. The van der Waals surface area contributed by atoms with Gasteiger partial charge in [0.05, 0.1) is 16.9 Å². The minimum absolute atomic E-state index is 0.0210. The molecule has 1 aliphatic rings. The van der Waals surface area contributed by atoms with Gasteiger partial charge in [-0.2, -0.15) is 5.10 Å². The van der Waals surface area contributed by atoms with Crippen LogP contribution < -0.4 is 5.56 Å². The lowest BCUT2D eigenvalue weighted by Crippen LogP contribution is -2.40. The summed E-state index contributed by atoms with van der Waals surface area (Å²) >= 11 is 0. The van der Waals surface area contributed by atoms with Crippen LogP contribution in [0.5, 0.6) is 0 Å². The summed E-state index contributed by atoms with van der Waals surface area (Å²) < 4.78 is 1.70. The number of carbonyl (C=O) groups excluding carboxylic acids is 1. The van der Waals surface area contributed by atoms with E-state index in [-0.39, 0.29) is 17.4 Å². The molecule has 2 aromatic heterocycles. The molecule has 3 aromatic rings. The quantitative estimate of drug-likeness (QED) is 0.774. The van der Waals surface area contributed by atoms with E-state index in [9.17, 15) is 9.59 Å². The molecule has 1 N–H and O–H groups in total. The molecule has 1 fully saturated rings. The number of hydrogen-bond acceptors (Lipinski definition) is 4. The molecule has 0 saturated carbocycles. The second-order valence-electron chi connectivity index (χ2n) is 6.81. The third-order valence-electron chi connectivity index (χ3n) is 4.89. The Labute approximate surface area is 156 Å². The minimum Gasteiger partial charge on any atom is -0.338 e. The standard InChI is InChI=1S/C20H21N5O2/c1-14-22-17(12-19(26)23-14)15-6-4-10-24(13-15)20(27)16-7-2-3-8-18(16)25-11-5-9-21-25/h2-3,5,7-9,11-12,15H,4,6,10,13H2,1H3,(H,22,23,26). The third-order valence-corrected chi connectivity index (χ3v) is 4.89. The van der Waals surface area contributed by atoms with E-state index in [0.717, 1.165) is 24.2 Å². The van der Waals surface area contributed by atoms with Crippen LogP contribution in [-0.2, 0) is 0 Å². The molecular formula is C20H21N5O2. The number of likely N-dealkylation sites (tertiary alicyclic amines) is 1. The molecule has 3 heterocycles. The summed E-state index contributed by atoms with van der Waals surface area (Å²) in [7, 11) is 0. The Kier molecular flexibility index (Phi) is 4.58. The first kappa shape index (κ1) is 17.2. The molecule has 0 spiro atoms. The zero-order valence-electron chi connectivity index (χ0n) is 15.1. The lowest BCUT2D eigenvalue weighted by molar-refractivity contribution is 0.0705. The predicted octanol–water partition coefficient (Wildman–Crippen LogP) is 2.28. The zero-order valence-corrected chi connectivity index (χ0v) is 15.1. The average Bonchev–Trinajstić information content (AvgIpc) is 3.21. The molecule has 1 aliphatic heterocycles. The molecule has 1 saturated heterocycles. The summed E-state index contributed by atoms with van der Waals surface area (Å²) in [5, 5.41) is 4.25. The number of hydrogen-bond donors (Lipinski definition) is 1. The van der Waals surface area contributed by atoms with Gasteiger partial charge in [-0.15, -0.1) is 0 Å². The zero-order chi connectivity index (χ0) is 18.8. The van der Waals surface area contributed by atoms with E-state index in [0.29, 0.717) is 24.5 Å². The number of benzene rings is 1. The summed E-state index contributed by atoms with van der Waals surface area (Å²) in [4.78, 5) is 34.0. The van der Waals surface area contributed by atoms with Crippen LogP contribution in [0.4, 0.5) is 0 Å². The molecular weight excluding hydrogens is 342 g/mol. The monoisotopic (exact) mass is 363 g/mol. The van der Waals surface area contributed by atoms with Crippen LogP contribution in [0.15, 0.2) is 53.6 Å². The van der Waals surface area contributed by atoms with Crippen LogP contribution in [0, 0.1) is 6.92 Å². The highest BCUT2D eigenvalue weighted by molar-refractivity contribution is 5.97. The van der Waals surface area contributed by atoms with Crippen LogP contribution >= 0.6 is 0 Å². The summed E-state index contributed by atoms with van der Waals surface area (Å²) in [5.74, 6) is 0.651.